The minimum Gasteiger partial charge on any atom is -0.207 e. The van der Waals surface area contributed by atoms with Crippen molar-refractivity contribution in [1.29, 1.82) is 0 Å². The Kier molecular flexibility index (Phi) is 7.58. The molecule has 0 saturated carbocycles. The molecule has 6 heteroatoms. The summed E-state index contributed by atoms with van der Waals surface area (Å²) in [5.74, 6) is 2.78. The van der Waals surface area contributed by atoms with Gasteiger partial charge in [0.25, 0.3) is 0 Å². The molecule has 0 bridgehead atoms. The van der Waals surface area contributed by atoms with Gasteiger partial charge in [0, 0.05) is 16.7 Å². The highest BCUT2D eigenvalue weighted by molar-refractivity contribution is 7.78. The van der Waals surface area contributed by atoms with Crippen LogP contribution < -0.4 is 0 Å². The quantitative estimate of drug-likeness (QED) is 0.168. The second kappa shape index (κ2) is 10.4. The molecule has 0 saturated heterocycles. The number of aryl methyl sites for hydroxylation is 1. The summed E-state index contributed by atoms with van der Waals surface area (Å²) in [4.78, 5) is 3.37. The van der Waals surface area contributed by atoms with Gasteiger partial charge in [-0.15, -0.1) is 0 Å². The normalized spacial score (nSPS) is 10.3. The Morgan fingerprint density at radius 3 is 2.03 bits per heavy atom. The monoisotopic (exact) mass is 453 g/mol. The average Bonchev–Trinajstić information content (AvgIpc) is 2.77. The lowest BCUT2D eigenvalue weighted by Crippen LogP contribution is -1.97. The van der Waals surface area contributed by atoms with Crippen LogP contribution in [-0.4, -0.2) is 5.16 Å². The summed E-state index contributed by atoms with van der Waals surface area (Å²) in [5.41, 5.74) is 2.33. The summed E-state index contributed by atoms with van der Waals surface area (Å²) >= 11 is 4.39. The Hall–Kier alpha value is -3.26. The predicted molar refractivity (Wildman–Crippen MR) is 122 cm³/mol. The number of hydrogen-bond acceptors (Lipinski definition) is 2. The molecular weight excluding hydrogens is 434 g/mol. The molecule has 3 rings (SSSR count). The van der Waals surface area contributed by atoms with Crippen LogP contribution in [0.2, 0.25) is 0 Å². The van der Waals surface area contributed by atoms with E-state index in [9.17, 15) is 17.6 Å². The van der Waals surface area contributed by atoms with Crippen molar-refractivity contribution in [1.82, 2.24) is 0 Å². The van der Waals surface area contributed by atoms with Crippen molar-refractivity contribution in [2.75, 3.05) is 0 Å². The predicted octanol–water partition coefficient (Wildman–Crippen LogP) is 7.56. The molecular formula is C26H19F4NS. The van der Waals surface area contributed by atoms with Crippen LogP contribution in [0.25, 0.3) is 11.1 Å². The van der Waals surface area contributed by atoms with Gasteiger partial charge in [-0.1, -0.05) is 38.2 Å². The second-order valence-electron chi connectivity index (χ2n) is 7.14. The number of thiocarbonyl (C=S) groups is 1. The topological polar surface area (TPSA) is 12.4 Å². The van der Waals surface area contributed by atoms with E-state index in [4.69, 9.17) is 0 Å². The minimum absolute atomic E-state index is 0.0937. The largest absolute Gasteiger partial charge is 0.207 e. The van der Waals surface area contributed by atoms with Crippen molar-refractivity contribution < 1.29 is 17.6 Å². The molecule has 162 valence electrons. The standard InChI is InChI=1S/C26H19F4NS/c1-3-5-21-22(27)13-20(14-23(21)28)19-9-8-18(17(4-2)12-19)7-6-16-10-24(29)26(31-15-32)25(30)11-16/h8-14H,3-5H2,1-2H3. The van der Waals surface area contributed by atoms with Crippen molar-refractivity contribution >= 4 is 23.1 Å². The first kappa shape index (κ1) is 23.4. The molecule has 0 amide bonds. The molecule has 0 unspecified atom stereocenters. The molecule has 0 fully saturated rings. The summed E-state index contributed by atoms with van der Waals surface area (Å²) < 4.78 is 56.7. The zero-order chi connectivity index (χ0) is 23.3. The lowest BCUT2D eigenvalue weighted by Gasteiger charge is -2.10. The van der Waals surface area contributed by atoms with E-state index in [0.717, 1.165) is 17.7 Å². The molecule has 3 aromatic carbocycles. The van der Waals surface area contributed by atoms with Gasteiger partial charge < -0.3 is 0 Å². The van der Waals surface area contributed by atoms with E-state index in [1.54, 1.807) is 12.1 Å². The zero-order valence-electron chi connectivity index (χ0n) is 17.5. The molecule has 0 atom stereocenters. The van der Waals surface area contributed by atoms with Crippen LogP contribution in [0, 0.1) is 35.1 Å². The molecule has 0 aliphatic rings. The van der Waals surface area contributed by atoms with Crippen molar-refractivity contribution in [3.8, 4) is 23.0 Å². The lowest BCUT2D eigenvalue weighted by molar-refractivity contribution is 0.554. The van der Waals surface area contributed by atoms with Gasteiger partial charge in [0.05, 0.1) is 5.16 Å². The first-order valence-electron chi connectivity index (χ1n) is 10.1. The third-order valence-corrected chi connectivity index (χ3v) is 5.07. The molecule has 0 radical (unpaired) electrons. The molecule has 0 N–H and O–H groups in total. The second-order valence-corrected chi connectivity index (χ2v) is 7.32. The molecule has 0 aliphatic heterocycles. The first-order valence-corrected chi connectivity index (χ1v) is 10.5. The van der Waals surface area contributed by atoms with E-state index in [2.05, 4.69) is 29.1 Å². The van der Waals surface area contributed by atoms with Crippen LogP contribution in [0.3, 0.4) is 0 Å². The van der Waals surface area contributed by atoms with E-state index in [-0.39, 0.29) is 11.1 Å². The van der Waals surface area contributed by atoms with Crippen LogP contribution >= 0.6 is 12.2 Å². The summed E-state index contributed by atoms with van der Waals surface area (Å²) in [6, 6.07) is 10.1. The van der Waals surface area contributed by atoms with E-state index in [0.29, 0.717) is 36.0 Å². The number of aliphatic imine (C=N–C) groups is 1. The third-order valence-electron chi connectivity index (χ3n) is 4.98. The third kappa shape index (κ3) is 5.13. The fourth-order valence-corrected chi connectivity index (χ4v) is 3.47. The van der Waals surface area contributed by atoms with Crippen molar-refractivity contribution in [2.24, 2.45) is 4.99 Å². The molecule has 0 aliphatic carbocycles. The smallest absolute Gasteiger partial charge is 0.153 e. The van der Waals surface area contributed by atoms with E-state index >= 15 is 0 Å². The molecule has 0 aromatic heterocycles. The molecule has 1 nitrogen and oxygen atoms in total. The SMILES string of the molecule is CCCc1c(F)cc(-c2ccc(C#Cc3cc(F)c(N=C=S)c(F)c3)c(CC)c2)cc1F. The minimum atomic E-state index is -0.881. The average molecular weight is 454 g/mol. The molecule has 0 spiro atoms. The fraction of sp³-hybridized carbons (Fsp3) is 0.192. The Morgan fingerprint density at radius 2 is 1.47 bits per heavy atom. The van der Waals surface area contributed by atoms with E-state index in [1.165, 1.54) is 12.1 Å². The number of halogens is 4. The highest BCUT2D eigenvalue weighted by atomic mass is 32.1. The Balaban J connectivity index is 1.97. The highest BCUT2D eigenvalue weighted by Gasteiger charge is 2.13. The van der Waals surface area contributed by atoms with Gasteiger partial charge in [-0.2, -0.15) is 4.99 Å². The maximum Gasteiger partial charge on any atom is 0.153 e. The van der Waals surface area contributed by atoms with Crippen LogP contribution in [0.1, 0.15) is 42.5 Å². The molecule has 3 aromatic rings. The molecule has 0 heterocycles. The van der Waals surface area contributed by atoms with Gasteiger partial charge in [0.1, 0.15) is 17.3 Å². The van der Waals surface area contributed by atoms with Gasteiger partial charge >= 0.3 is 0 Å². The highest BCUT2D eigenvalue weighted by Crippen LogP contribution is 2.28. The van der Waals surface area contributed by atoms with Crippen molar-refractivity contribution in [3.05, 3.63) is 88.0 Å². The van der Waals surface area contributed by atoms with Crippen molar-refractivity contribution in [2.45, 2.75) is 33.1 Å². The van der Waals surface area contributed by atoms with Gasteiger partial charge in [0.2, 0.25) is 0 Å². The lowest BCUT2D eigenvalue weighted by atomic mass is 9.96. The zero-order valence-corrected chi connectivity index (χ0v) is 18.3. The van der Waals surface area contributed by atoms with E-state index in [1.807, 2.05) is 25.1 Å². The Labute approximate surface area is 189 Å². The maximum atomic E-state index is 14.4. The number of hydrogen-bond donors (Lipinski definition) is 0. The fourth-order valence-electron chi connectivity index (χ4n) is 3.38. The van der Waals surface area contributed by atoms with E-state index < -0.39 is 29.0 Å². The number of nitrogens with zero attached hydrogens (tertiary/aromatic N) is 1. The van der Waals surface area contributed by atoms with Crippen LogP contribution in [0.15, 0.2) is 47.5 Å². The van der Waals surface area contributed by atoms with Gasteiger partial charge in [-0.05, 0) is 78.1 Å². The number of isothiocyanates is 1. The summed E-state index contributed by atoms with van der Waals surface area (Å²) in [5, 5.41) is 1.94. The summed E-state index contributed by atoms with van der Waals surface area (Å²) in [6.07, 6.45) is 1.60. The Bertz CT molecular complexity index is 1230. The Morgan fingerprint density at radius 1 is 0.812 bits per heavy atom. The number of benzene rings is 3. The number of rotatable bonds is 5. The van der Waals surface area contributed by atoms with Gasteiger partial charge in [-0.3, -0.25) is 0 Å². The summed E-state index contributed by atoms with van der Waals surface area (Å²) in [7, 11) is 0. The molecule has 32 heavy (non-hydrogen) atoms. The van der Waals surface area contributed by atoms with Crippen molar-refractivity contribution in [3.63, 3.8) is 0 Å². The van der Waals surface area contributed by atoms with Gasteiger partial charge in [-0.25, -0.2) is 17.6 Å². The van der Waals surface area contributed by atoms with Crippen LogP contribution in [0.5, 0.6) is 0 Å². The van der Waals surface area contributed by atoms with Gasteiger partial charge in [0.15, 0.2) is 11.6 Å². The van der Waals surface area contributed by atoms with Crippen LogP contribution in [0.4, 0.5) is 23.2 Å². The van der Waals surface area contributed by atoms with Crippen LogP contribution in [-0.2, 0) is 12.8 Å². The maximum absolute atomic E-state index is 14.4. The summed E-state index contributed by atoms with van der Waals surface area (Å²) in [6.45, 7) is 3.79. The first-order chi connectivity index (χ1) is 15.4.